The number of hydrogen-bond donors (Lipinski definition) is 0. The summed E-state index contributed by atoms with van der Waals surface area (Å²) in [6.45, 7) is 0. The van der Waals surface area contributed by atoms with Gasteiger partial charge in [-0.3, -0.25) is 0 Å². The van der Waals surface area contributed by atoms with Crippen molar-refractivity contribution in [3.63, 3.8) is 0 Å². The fraction of sp³-hybridized carbons (Fsp3) is 0. The summed E-state index contributed by atoms with van der Waals surface area (Å²) in [5.41, 5.74) is 1.86. The van der Waals surface area contributed by atoms with E-state index in [2.05, 4.69) is 9.98 Å². The Morgan fingerprint density at radius 1 is 0.682 bits per heavy atom. The molecule has 0 aliphatic heterocycles. The molecule has 0 fully saturated rings. The summed E-state index contributed by atoms with van der Waals surface area (Å²) in [6.07, 6.45) is 3.48. The first-order chi connectivity index (χ1) is 10.7. The fourth-order valence-corrected chi connectivity index (χ4v) is 2.08. The normalized spacial score (nSPS) is 11.6. The summed E-state index contributed by atoms with van der Waals surface area (Å²) in [7, 11) is 0. The van der Waals surface area contributed by atoms with E-state index in [4.69, 9.17) is 33.7 Å². The van der Waals surface area contributed by atoms with Gasteiger partial charge in [-0.25, -0.2) is 0 Å². The number of nitrogens with zero attached hydrogens (tertiary/aromatic N) is 4. The number of aliphatic imine (C=N–C) groups is 2. The van der Waals surface area contributed by atoms with Gasteiger partial charge in [0.15, 0.2) is 0 Å². The molecule has 0 spiro atoms. The van der Waals surface area contributed by atoms with Crippen LogP contribution in [0.5, 0.6) is 0 Å². The Bertz CT molecular complexity index is 736. The topological polar surface area (TPSA) is 72.3 Å². The summed E-state index contributed by atoms with van der Waals surface area (Å²) in [5.74, 6) is 0. The van der Waals surface area contributed by atoms with Crippen LogP contribution < -0.4 is 0 Å². The summed E-state index contributed by atoms with van der Waals surface area (Å²) >= 11 is 11.7. The van der Waals surface area contributed by atoms with E-state index in [1.807, 2.05) is 0 Å². The predicted octanol–water partition coefficient (Wildman–Crippen LogP) is 4.23. The standard InChI is InChI=1S/C16H8Cl2N4/c17-13-5-1-11(2-6-13)15(21-9-19)16(22-10-20)12-3-7-14(18)8-4-12/h1-8H. The third-order valence-electron chi connectivity index (χ3n) is 2.78. The molecule has 2 aromatic rings. The Morgan fingerprint density at radius 2 is 1.00 bits per heavy atom. The Morgan fingerprint density at radius 3 is 1.27 bits per heavy atom. The first kappa shape index (κ1) is 15.7. The van der Waals surface area contributed by atoms with Crippen LogP contribution in [0.1, 0.15) is 11.1 Å². The molecule has 0 amide bonds. The molecular weight excluding hydrogens is 319 g/mol. The van der Waals surface area contributed by atoms with Crippen molar-refractivity contribution in [2.75, 3.05) is 0 Å². The molecule has 2 aromatic carbocycles. The molecule has 0 radical (unpaired) electrons. The van der Waals surface area contributed by atoms with Gasteiger partial charge in [0.05, 0.1) is 0 Å². The second-order valence-electron chi connectivity index (χ2n) is 4.13. The lowest BCUT2D eigenvalue weighted by Crippen LogP contribution is -2.17. The van der Waals surface area contributed by atoms with Gasteiger partial charge >= 0.3 is 0 Å². The van der Waals surface area contributed by atoms with Crippen LogP contribution in [0.4, 0.5) is 0 Å². The Hall–Kier alpha value is -2.66. The van der Waals surface area contributed by atoms with Gasteiger partial charge in [-0.15, -0.1) is 0 Å². The van der Waals surface area contributed by atoms with E-state index >= 15 is 0 Å². The minimum Gasteiger partial charge on any atom is -0.171 e. The Labute approximate surface area is 137 Å². The lowest BCUT2D eigenvalue weighted by molar-refractivity contribution is 1.42. The smallest absolute Gasteiger partial charge is 0.171 e. The molecule has 0 bridgehead atoms. The van der Waals surface area contributed by atoms with Gasteiger partial charge in [0, 0.05) is 21.2 Å². The van der Waals surface area contributed by atoms with Gasteiger partial charge in [-0.05, 0) is 24.3 Å². The van der Waals surface area contributed by atoms with Gasteiger partial charge in [-0.1, -0.05) is 47.5 Å². The second kappa shape index (κ2) is 7.38. The highest BCUT2D eigenvalue weighted by Crippen LogP contribution is 2.16. The van der Waals surface area contributed by atoms with Crippen LogP contribution in [-0.2, 0) is 0 Å². The molecule has 0 aliphatic rings. The van der Waals surface area contributed by atoms with Crippen LogP contribution in [0, 0.1) is 22.9 Å². The van der Waals surface area contributed by atoms with E-state index < -0.39 is 0 Å². The van der Waals surface area contributed by atoms with E-state index in [0.29, 0.717) is 32.6 Å². The van der Waals surface area contributed by atoms with Gasteiger partial charge in [0.1, 0.15) is 11.4 Å². The largest absolute Gasteiger partial charge is 0.206 e. The fourth-order valence-electron chi connectivity index (χ4n) is 1.82. The average Bonchev–Trinajstić information content (AvgIpc) is 2.53. The second-order valence-corrected chi connectivity index (χ2v) is 5.01. The molecule has 0 saturated heterocycles. The minimum atomic E-state index is 0.294. The minimum absolute atomic E-state index is 0.294. The molecule has 22 heavy (non-hydrogen) atoms. The highest BCUT2D eigenvalue weighted by atomic mass is 35.5. The molecule has 106 valence electrons. The maximum absolute atomic E-state index is 8.94. The zero-order chi connectivity index (χ0) is 15.9. The monoisotopic (exact) mass is 326 g/mol. The maximum Gasteiger partial charge on any atom is 0.206 e. The quantitative estimate of drug-likeness (QED) is 0.625. The first-order valence-electron chi connectivity index (χ1n) is 6.11. The molecule has 6 heteroatoms. The van der Waals surface area contributed by atoms with Crippen molar-refractivity contribution in [2.24, 2.45) is 9.98 Å². The average molecular weight is 327 g/mol. The third-order valence-corrected chi connectivity index (χ3v) is 3.29. The zero-order valence-corrected chi connectivity index (χ0v) is 12.7. The molecule has 0 atom stereocenters. The van der Waals surface area contributed by atoms with Crippen molar-refractivity contribution >= 4 is 34.6 Å². The zero-order valence-electron chi connectivity index (χ0n) is 11.2. The molecule has 2 rings (SSSR count). The van der Waals surface area contributed by atoms with E-state index in [-0.39, 0.29) is 0 Å². The molecule has 0 N–H and O–H groups in total. The molecule has 0 aliphatic carbocycles. The lowest BCUT2D eigenvalue weighted by Gasteiger charge is -2.08. The van der Waals surface area contributed by atoms with Crippen LogP contribution in [0.3, 0.4) is 0 Å². The van der Waals surface area contributed by atoms with E-state index in [1.165, 1.54) is 0 Å². The number of rotatable bonds is 3. The van der Waals surface area contributed by atoms with E-state index in [9.17, 15) is 0 Å². The maximum atomic E-state index is 8.94. The van der Waals surface area contributed by atoms with Crippen molar-refractivity contribution in [3.8, 4) is 12.4 Å². The highest BCUT2D eigenvalue weighted by molar-refractivity contribution is 6.54. The summed E-state index contributed by atoms with van der Waals surface area (Å²) < 4.78 is 0. The number of nitriles is 2. The number of halogens is 2. The first-order valence-corrected chi connectivity index (χ1v) is 6.87. The van der Waals surface area contributed by atoms with Crippen molar-refractivity contribution < 1.29 is 0 Å². The lowest BCUT2D eigenvalue weighted by atomic mass is 9.99. The molecule has 0 heterocycles. The van der Waals surface area contributed by atoms with E-state index in [0.717, 1.165) is 0 Å². The molecule has 0 saturated carbocycles. The van der Waals surface area contributed by atoms with Crippen molar-refractivity contribution in [3.05, 3.63) is 69.7 Å². The Balaban J connectivity index is 2.58. The third kappa shape index (κ3) is 3.71. The summed E-state index contributed by atoms with van der Waals surface area (Å²) in [5, 5.41) is 19.0. The van der Waals surface area contributed by atoms with Crippen LogP contribution in [0.25, 0.3) is 0 Å². The Kier molecular flexibility index (Phi) is 5.27. The van der Waals surface area contributed by atoms with Crippen LogP contribution >= 0.6 is 23.2 Å². The number of benzene rings is 2. The summed E-state index contributed by atoms with van der Waals surface area (Å²) in [6, 6.07) is 13.5. The summed E-state index contributed by atoms with van der Waals surface area (Å²) in [4.78, 5) is 7.61. The molecule has 0 unspecified atom stereocenters. The van der Waals surface area contributed by atoms with Gasteiger partial charge in [0.25, 0.3) is 0 Å². The molecular formula is C16H8Cl2N4. The molecule has 0 aromatic heterocycles. The van der Waals surface area contributed by atoms with Crippen LogP contribution in [0.15, 0.2) is 58.5 Å². The number of hydrogen-bond acceptors (Lipinski definition) is 4. The van der Waals surface area contributed by atoms with Gasteiger partial charge in [0.2, 0.25) is 12.4 Å². The SMILES string of the molecule is N#CN=C(C(=NC#N)c1ccc(Cl)cc1)c1ccc(Cl)cc1. The van der Waals surface area contributed by atoms with Gasteiger partial charge in [-0.2, -0.15) is 20.5 Å². The van der Waals surface area contributed by atoms with Crippen molar-refractivity contribution in [1.29, 1.82) is 10.5 Å². The van der Waals surface area contributed by atoms with Crippen molar-refractivity contribution in [1.82, 2.24) is 0 Å². The van der Waals surface area contributed by atoms with Crippen LogP contribution in [-0.4, -0.2) is 11.4 Å². The van der Waals surface area contributed by atoms with Gasteiger partial charge < -0.3 is 0 Å². The van der Waals surface area contributed by atoms with Crippen molar-refractivity contribution in [2.45, 2.75) is 0 Å². The highest BCUT2D eigenvalue weighted by Gasteiger charge is 2.15. The van der Waals surface area contributed by atoms with E-state index in [1.54, 1.807) is 60.9 Å². The van der Waals surface area contributed by atoms with Crippen LogP contribution in [0.2, 0.25) is 10.0 Å². The molecule has 4 nitrogen and oxygen atoms in total. The predicted molar refractivity (Wildman–Crippen MR) is 87.2 cm³/mol.